The van der Waals surface area contributed by atoms with Crippen molar-refractivity contribution in [2.45, 2.75) is 12.8 Å². The molecular formula is C17H17FN4O3. The first-order chi connectivity index (χ1) is 12.1. The summed E-state index contributed by atoms with van der Waals surface area (Å²) in [5.74, 6) is 0.0570. The number of halogens is 1. The van der Waals surface area contributed by atoms with Gasteiger partial charge in [0.15, 0.2) is 11.6 Å². The second kappa shape index (κ2) is 7.16. The molecule has 0 unspecified atom stereocenters. The van der Waals surface area contributed by atoms with Gasteiger partial charge in [-0.2, -0.15) is 0 Å². The standard InChI is InChI=1S/C17H17FN4O3/c1-25-16-10-14(15(22(23)24)9-11(16)18)19-8-4-7-17-20-12-5-2-3-6-13(12)21-17/h2-3,5-6,9-10,19H,4,7-8H2,1H3,(H,20,21). The lowest BCUT2D eigenvalue weighted by molar-refractivity contribution is -0.384. The van der Waals surface area contributed by atoms with Gasteiger partial charge >= 0.3 is 0 Å². The molecule has 8 heteroatoms. The molecule has 25 heavy (non-hydrogen) atoms. The molecule has 1 heterocycles. The van der Waals surface area contributed by atoms with Crippen LogP contribution < -0.4 is 10.1 Å². The lowest BCUT2D eigenvalue weighted by atomic mass is 10.2. The predicted molar refractivity (Wildman–Crippen MR) is 92.5 cm³/mol. The highest BCUT2D eigenvalue weighted by Crippen LogP contribution is 2.31. The Balaban J connectivity index is 1.64. The molecular weight excluding hydrogens is 327 g/mol. The van der Waals surface area contributed by atoms with Gasteiger partial charge in [0.2, 0.25) is 0 Å². The molecule has 0 spiro atoms. The number of benzene rings is 2. The lowest BCUT2D eigenvalue weighted by Crippen LogP contribution is -2.07. The smallest absolute Gasteiger partial charge is 0.295 e. The Morgan fingerprint density at radius 2 is 2.16 bits per heavy atom. The molecule has 3 aromatic rings. The van der Waals surface area contributed by atoms with E-state index in [1.165, 1.54) is 13.2 Å². The number of anilines is 1. The summed E-state index contributed by atoms with van der Waals surface area (Å²) in [6.45, 7) is 0.479. The van der Waals surface area contributed by atoms with Gasteiger partial charge in [-0.1, -0.05) is 12.1 Å². The molecule has 2 aromatic carbocycles. The number of nitro benzene ring substituents is 1. The highest BCUT2D eigenvalue weighted by Gasteiger charge is 2.18. The van der Waals surface area contributed by atoms with Crippen molar-refractivity contribution in [3.63, 3.8) is 0 Å². The lowest BCUT2D eigenvalue weighted by Gasteiger charge is -2.09. The maximum Gasteiger partial charge on any atom is 0.295 e. The number of aromatic nitrogens is 2. The SMILES string of the molecule is COc1cc(NCCCc2nc3ccccc3[nH]2)c([N+](=O)[O-])cc1F. The number of para-hydroxylation sites is 2. The third kappa shape index (κ3) is 3.68. The highest BCUT2D eigenvalue weighted by molar-refractivity contribution is 5.74. The molecule has 1 aromatic heterocycles. The van der Waals surface area contributed by atoms with Crippen molar-refractivity contribution in [3.05, 3.63) is 58.2 Å². The average molecular weight is 344 g/mol. The number of aromatic amines is 1. The fourth-order valence-corrected chi connectivity index (χ4v) is 2.59. The first kappa shape index (κ1) is 16.7. The van der Waals surface area contributed by atoms with E-state index < -0.39 is 10.7 Å². The number of fused-ring (bicyclic) bond motifs is 1. The van der Waals surface area contributed by atoms with Crippen LogP contribution >= 0.6 is 0 Å². The number of aryl methyl sites for hydroxylation is 1. The van der Waals surface area contributed by atoms with Gasteiger partial charge in [0.05, 0.1) is 29.1 Å². The molecule has 0 fully saturated rings. The number of hydrogen-bond donors (Lipinski definition) is 2. The van der Waals surface area contributed by atoms with E-state index >= 15 is 0 Å². The molecule has 0 aliphatic rings. The third-order valence-electron chi connectivity index (χ3n) is 3.81. The molecule has 0 saturated heterocycles. The van der Waals surface area contributed by atoms with E-state index in [1.807, 2.05) is 24.3 Å². The summed E-state index contributed by atoms with van der Waals surface area (Å²) >= 11 is 0. The number of nitrogens with zero attached hydrogens (tertiary/aromatic N) is 2. The summed E-state index contributed by atoms with van der Waals surface area (Å²) in [6.07, 6.45) is 1.39. The Kier molecular flexibility index (Phi) is 4.78. The van der Waals surface area contributed by atoms with Gasteiger partial charge in [0.1, 0.15) is 11.5 Å². The number of hydrogen-bond acceptors (Lipinski definition) is 5. The zero-order valence-corrected chi connectivity index (χ0v) is 13.6. The van der Waals surface area contributed by atoms with Crippen molar-refractivity contribution in [1.29, 1.82) is 0 Å². The summed E-state index contributed by atoms with van der Waals surface area (Å²) < 4.78 is 18.5. The maximum absolute atomic E-state index is 13.6. The van der Waals surface area contributed by atoms with E-state index in [2.05, 4.69) is 15.3 Å². The van der Waals surface area contributed by atoms with E-state index in [0.29, 0.717) is 19.4 Å². The molecule has 0 aliphatic heterocycles. The van der Waals surface area contributed by atoms with Crippen molar-refractivity contribution in [2.24, 2.45) is 0 Å². The molecule has 2 N–H and O–H groups in total. The van der Waals surface area contributed by atoms with Crippen molar-refractivity contribution in [3.8, 4) is 5.75 Å². The van der Waals surface area contributed by atoms with E-state index in [9.17, 15) is 14.5 Å². The monoisotopic (exact) mass is 344 g/mol. The van der Waals surface area contributed by atoms with E-state index in [4.69, 9.17) is 4.74 Å². The minimum atomic E-state index is -0.762. The van der Waals surface area contributed by atoms with Crippen molar-refractivity contribution >= 4 is 22.4 Å². The van der Waals surface area contributed by atoms with Gasteiger partial charge in [0, 0.05) is 19.0 Å². The van der Waals surface area contributed by atoms with Gasteiger partial charge in [-0.05, 0) is 18.6 Å². The fraction of sp³-hybridized carbons (Fsp3) is 0.235. The Morgan fingerprint density at radius 3 is 2.88 bits per heavy atom. The summed E-state index contributed by atoms with van der Waals surface area (Å²) in [4.78, 5) is 18.2. The van der Waals surface area contributed by atoms with Crippen LogP contribution in [0.1, 0.15) is 12.2 Å². The third-order valence-corrected chi connectivity index (χ3v) is 3.81. The predicted octanol–water partition coefficient (Wildman–Crippen LogP) is 3.66. The average Bonchev–Trinajstić information content (AvgIpc) is 3.02. The number of methoxy groups -OCH3 is 1. The molecule has 0 bridgehead atoms. The largest absolute Gasteiger partial charge is 0.494 e. The number of H-pyrrole nitrogens is 1. The summed E-state index contributed by atoms with van der Waals surface area (Å²) in [5, 5.41) is 14.0. The van der Waals surface area contributed by atoms with Crippen LogP contribution in [0, 0.1) is 15.9 Å². The van der Waals surface area contributed by atoms with Crippen LogP contribution in [0.4, 0.5) is 15.8 Å². The van der Waals surface area contributed by atoms with Gasteiger partial charge in [-0.15, -0.1) is 0 Å². The first-order valence-electron chi connectivity index (χ1n) is 7.78. The summed E-state index contributed by atoms with van der Waals surface area (Å²) in [7, 11) is 1.32. The van der Waals surface area contributed by atoms with Gasteiger partial charge in [-0.3, -0.25) is 10.1 Å². The van der Waals surface area contributed by atoms with Gasteiger partial charge in [-0.25, -0.2) is 9.37 Å². The molecule has 3 rings (SSSR count). The van der Waals surface area contributed by atoms with Crippen LogP contribution in [0.2, 0.25) is 0 Å². The highest BCUT2D eigenvalue weighted by atomic mass is 19.1. The molecule has 0 amide bonds. The van der Waals surface area contributed by atoms with Crippen LogP contribution in [-0.2, 0) is 6.42 Å². The maximum atomic E-state index is 13.6. The molecule has 0 atom stereocenters. The number of rotatable bonds is 7. The van der Waals surface area contributed by atoms with Crippen molar-refractivity contribution < 1.29 is 14.1 Å². The number of imidazole rings is 1. The van der Waals surface area contributed by atoms with Crippen molar-refractivity contribution in [1.82, 2.24) is 9.97 Å². The first-order valence-corrected chi connectivity index (χ1v) is 7.78. The second-order valence-electron chi connectivity index (χ2n) is 5.49. The van der Waals surface area contributed by atoms with Crippen molar-refractivity contribution in [2.75, 3.05) is 19.0 Å². The Hall–Kier alpha value is -3.16. The van der Waals surface area contributed by atoms with E-state index in [-0.39, 0.29) is 17.1 Å². The molecule has 0 radical (unpaired) electrons. The second-order valence-corrected chi connectivity index (χ2v) is 5.49. The van der Waals surface area contributed by atoms with Gasteiger partial charge < -0.3 is 15.0 Å². The zero-order chi connectivity index (χ0) is 17.8. The fourth-order valence-electron chi connectivity index (χ4n) is 2.59. The Bertz CT molecular complexity index is 877. The molecule has 130 valence electrons. The number of ether oxygens (including phenoxy) is 1. The Labute approximate surface area is 143 Å². The Morgan fingerprint density at radius 1 is 1.36 bits per heavy atom. The van der Waals surface area contributed by atoms with Crippen LogP contribution in [0.25, 0.3) is 11.0 Å². The summed E-state index contributed by atoms with van der Waals surface area (Å²) in [6, 6.07) is 9.91. The topological polar surface area (TPSA) is 93.1 Å². The minimum absolute atomic E-state index is 0.0367. The molecule has 7 nitrogen and oxygen atoms in total. The molecule has 0 aliphatic carbocycles. The zero-order valence-electron chi connectivity index (χ0n) is 13.6. The van der Waals surface area contributed by atoms with Crippen LogP contribution in [-0.4, -0.2) is 28.5 Å². The van der Waals surface area contributed by atoms with Crippen LogP contribution in [0.3, 0.4) is 0 Å². The minimum Gasteiger partial charge on any atom is -0.494 e. The van der Waals surface area contributed by atoms with E-state index in [1.54, 1.807) is 0 Å². The summed E-state index contributed by atoms with van der Waals surface area (Å²) in [5.41, 5.74) is 1.80. The van der Waals surface area contributed by atoms with Gasteiger partial charge in [0.25, 0.3) is 5.69 Å². The van der Waals surface area contributed by atoms with E-state index in [0.717, 1.165) is 22.9 Å². The number of nitro groups is 1. The number of nitrogens with one attached hydrogen (secondary N) is 2. The normalized spacial score (nSPS) is 10.8. The van der Waals surface area contributed by atoms with Crippen LogP contribution in [0.5, 0.6) is 5.75 Å². The quantitative estimate of drug-likeness (QED) is 0.387. The molecule has 0 saturated carbocycles. The van der Waals surface area contributed by atoms with Crippen LogP contribution in [0.15, 0.2) is 36.4 Å².